The van der Waals surface area contributed by atoms with Crippen LogP contribution in [0.1, 0.15) is 43.6 Å². The molecule has 9 heteroatoms. The fraction of sp³-hybridized carbons (Fsp3) is 0.304. The summed E-state index contributed by atoms with van der Waals surface area (Å²) in [4.78, 5) is 25.0. The van der Waals surface area contributed by atoms with Crippen LogP contribution in [0.15, 0.2) is 48.5 Å². The number of benzene rings is 2. The number of rotatable bonds is 8. The molecule has 1 aliphatic rings. The minimum Gasteiger partial charge on any atom is -0.486 e. The van der Waals surface area contributed by atoms with Crippen LogP contribution >= 0.6 is 11.3 Å². The lowest BCUT2D eigenvalue weighted by atomic mass is 10.1. The van der Waals surface area contributed by atoms with E-state index in [9.17, 15) is 9.59 Å². The van der Waals surface area contributed by atoms with Gasteiger partial charge in [0.05, 0.1) is 6.10 Å². The Morgan fingerprint density at radius 1 is 1.16 bits per heavy atom. The van der Waals surface area contributed by atoms with Gasteiger partial charge in [-0.3, -0.25) is 9.59 Å². The summed E-state index contributed by atoms with van der Waals surface area (Å²) in [6.07, 6.45) is 2.05. The number of aryl methyl sites for hydroxylation is 1. The van der Waals surface area contributed by atoms with Gasteiger partial charge in [-0.1, -0.05) is 35.1 Å². The summed E-state index contributed by atoms with van der Waals surface area (Å²) in [6.45, 7) is 3.46. The first-order valence-corrected chi connectivity index (χ1v) is 11.2. The molecule has 1 fully saturated rings. The van der Waals surface area contributed by atoms with E-state index in [4.69, 9.17) is 9.47 Å². The Hall–Kier alpha value is -3.30. The third kappa shape index (κ3) is 5.89. The topological polar surface area (TPSA) is 102 Å². The van der Waals surface area contributed by atoms with Crippen molar-refractivity contribution in [2.24, 2.45) is 0 Å². The average molecular weight is 453 g/mol. The van der Waals surface area contributed by atoms with Crippen molar-refractivity contribution in [3.63, 3.8) is 0 Å². The molecule has 4 rings (SSSR count). The minimum absolute atomic E-state index is 0.0726. The van der Waals surface area contributed by atoms with Crippen LogP contribution in [0.4, 0.5) is 5.69 Å². The van der Waals surface area contributed by atoms with Crippen LogP contribution in [-0.4, -0.2) is 41.3 Å². The zero-order valence-electron chi connectivity index (χ0n) is 17.7. The summed E-state index contributed by atoms with van der Waals surface area (Å²) in [5, 5.41) is 14.4. The molecule has 0 radical (unpaired) electrons. The van der Waals surface area contributed by atoms with Gasteiger partial charge in [-0.15, -0.1) is 10.2 Å². The van der Waals surface area contributed by atoms with E-state index in [1.165, 1.54) is 0 Å². The number of nitrogens with zero attached hydrogens (tertiary/aromatic N) is 2. The van der Waals surface area contributed by atoms with Gasteiger partial charge in [-0.05, 0) is 50.1 Å². The monoisotopic (exact) mass is 452 g/mol. The van der Waals surface area contributed by atoms with Crippen molar-refractivity contribution < 1.29 is 19.1 Å². The Labute approximate surface area is 190 Å². The molecule has 32 heavy (non-hydrogen) atoms. The average Bonchev–Trinajstić information content (AvgIpc) is 3.49. The number of anilines is 1. The lowest BCUT2D eigenvalue weighted by Crippen LogP contribution is -2.31. The van der Waals surface area contributed by atoms with Crippen molar-refractivity contribution in [1.82, 2.24) is 15.5 Å². The molecule has 2 aromatic carbocycles. The second kappa shape index (κ2) is 10.3. The predicted molar refractivity (Wildman–Crippen MR) is 121 cm³/mol. The van der Waals surface area contributed by atoms with Gasteiger partial charge in [0.2, 0.25) is 5.01 Å². The predicted octanol–water partition coefficient (Wildman–Crippen LogP) is 3.59. The number of ether oxygens (including phenoxy) is 2. The van der Waals surface area contributed by atoms with E-state index in [1.807, 2.05) is 31.2 Å². The maximum Gasteiger partial charge on any atom is 0.286 e. The van der Waals surface area contributed by atoms with Gasteiger partial charge in [0.15, 0.2) is 5.01 Å². The van der Waals surface area contributed by atoms with Gasteiger partial charge in [0.1, 0.15) is 12.4 Å². The number of amides is 2. The van der Waals surface area contributed by atoms with E-state index in [0.29, 0.717) is 22.8 Å². The van der Waals surface area contributed by atoms with Crippen molar-refractivity contribution in [1.29, 1.82) is 0 Å². The van der Waals surface area contributed by atoms with Crippen molar-refractivity contribution in [3.8, 4) is 5.75 Å². The Kier molecular flexibility index (Phi) is 7.08. The number of nitrogens with one attached hydrogen (secondary N) is 2. The van der Waals surface area contributed by atoms with Gasteiger partial charge >= 0.3 is 0 Å². The normalized spacial score (nSPS) is 15.3. The molecule has 1 saturated heterocycles. The van der Waals surface area contributed by atoms with E-state index < -0.39 is 0 Å². The van der Waals surface area contributed by atoms with Crippen LogP contribution in [0.25, 0.3) is 0 Å². The quantitative estimate of drug-likeness (QED) is 0.542. The van der Waals surface area contributed by atoms with Crippen LogP contribution in [0.2, 0.25) is 0 Å². The summed E-state index contributed by atoms with van der Waals surface area (Å²) >= 11 is 1.16. The van der Waals surface area contributed by atoms with E-state index in [0.717, 1.165) is 42.1 Å². The van der Waals surface area contributed by atoms with Crippen LogP contribution < -0.4 is 15.4 Å². The number of aromatic nitrogens is 2. The molecule has 8 nitrogen and oxygen atoms in total. The highest BCUT2D eigenvalue weighted by molar-refractivity contribution is 7.13. The molecule has 0 unspecified atom stereocenters. The first-order chi connectivity index (χ1) is 15.6. The van der Waals surface area contributed by atoms with E-state index in [-0.39, 0.29) is 29.5 Å². The molecule has 3 aromatic rings. The summed E-state index contributed by atoms with van der Waals surface area (Å²) < 4.78 is 11.2. The molecule has 0 saturated carbocycles. The number of carbonyl (C=O) groups is 2. The molecule has 2 heterocycles. The fourth-order valence-electron chi connectivity index (χ4n) is 3.22. The molecular weight excluding hydrogens is 428 g/mol. The van der Waals surface area contributed by atoms with E-state index >= 15 is 0 Å². The zero-order valence-corrected chi connectivity index (χ0v) is 18.5. The number of hydrogen-bond acceptors (Lipinski definition) is 7. The Morgan fingerprint density at radius 2 is 2.00 bits per heavy atom. The van der Waals surface area contributed by atoms with Crippen molar-refractivity contribution in [3.05, 3.63) is 69.7 Å². The minimum atomic E-state index is -0.388. The highest BCUT2D eigenvalue weighted by Crippen LogP contribution is 2.18. The molecule has 0 bridgehead atoms. The van der Waals surface area contributed by atoms with Gasteiger partial charge in [-0.2, -0.15) is 0 Å². The van der Waals surface area contributed by atoms with Crippen molar-refractivity contribution in [2.45, 2.75) is 32.5 Å². The lowest BCUT2D eigenvalue weighted by Gasteiger charge is -2.11. The Morgan fingerprint density at radius 3 is 2.78 bits per heavy atom. The Balaban J connectivity index is 1.31. The summed E-state index contributed by atoms with van der Waals surface area (Å²) in [7, 11) is 0. The highest BCUT2D eigenvalue weighted by atomic mass is 32.1. The van der Waals surface area contributed by atoms with Gasteiger partial charge in [-0.25, -0.2) is 0 Å². The summed E-state index contributed by atoms with van der Waals surface area (Å²) in [6, 6.07) is 14.5. The third-order valence-corrected chi connectivity index (χ3v) is 5.84. The maximum absolute atomic E-state index is 12.6. The molecule has 1 atom stereocenters. The zero-order chi connectivity index (χ0) is 22.3. The van der Waals surface area contributed by atoms with Crippen molar-refractivity contribution in [2.75, 3.05) is 18.5 Å². The van der Waals surface area contributed by atoms with Gasteiger partial charge in [0.25, 0.3) is 11.8 Å². The molecule has 2 amide bonds. The number of carbonyl (C=O) groups excluding carboxylic acids is 2. The molecule has 2 N–H and O–H groups in total. The van der Waals surface area contributed by atoms with Gasteiger partial charge in [0, 0.05) is 24.4 Å². The molecular formula is C23H24N4O4S. The van der Waals surface area contributed by atoms with Crippen LogP contribution in [-0.2, 0) is 11.3 Å². The molecule has 0 aliphatic carbocycles. The molecule has 1 aliphatic heterocycles. The fourth-order valence-corrected chi connectivity index (χ4v) is 3.87. The summed E-state index contributed by atoms with van der Waals surface area (Å²) in [5.41, 5.74) is 2.12. The third-order valence-electron chi connectivity index (χ3n) is 4.94. The molecule has 0 spiro atoms. The van der Waals surface area contributed by atoms with Crippen LogP contribution in [0.5, 0.6) is 5.75 Å². The van der Waals surface area contributed by atoms with Crippen molar-refractivity contribution >= 4 is 28.8 Å². The van der Waals surface area contributed by atoms with E-state index in [1.54, 1.807) is 24.3 Å². The molecule has 166 valence electrons. The number of hydrogen-bond donors (Lipinski definition) is 2. The standard InChI is InChI=1S/C23H24N4O4S/c1-15-7-9-18(10-8-15)31-14-20-26-27-23(32-20)22(29)25-17-5-2-4-16(12-17)21(28)24-13-19-6-3-11-30-19/h2,4-5,7-10,12,19H,3,6,11,13-14H2,1H3,(H,24,28)(H,25,29)/t19-/m0/s1. The van der Waals surface area contributed by atoms with Crippen LogP contribution in [0.3, 0.4) is 0 Å². The van der Waals surface area contributed by atoms with Gasteiger partial charge < -0.3 is 20.1 Å². The first kappa shape index (κ1) is 21.9. The SMILES string of the molecule is Cc1ccc(OCc2nnc(C(=O)Nc3cccc(C(=O)NC[C@@H]4CCCO4)c3)s2)cc1. The largest absolute Gasteiger partial charge is 0.486 e. The van der Waals surface area contributed by atoms with E-state index in [2.05, 4.69) is 20.8 Å². The first-order valence-electron chi connectivity index (χ1n) is 10.4. The maximum atomic E-state index is 12.6. The smallest absolute Gasteiger partial charge is 0.286 e. The second-order valence-electron chi connectivity index (χ2n) is 7.48. The summed E-state index contributed by atoms with van der Waals surface area (Å²) in [5.74, 6) is 0.135. The molecule has 1 aromatic heterocycles. The van der Waals surface area contributed by atoms with Crippen LogP contribution in [0, 0.1) is 6.92 Å². The lowest BCUT2D eigenvalue weighted by molar-refractivity contribution is 0.0857. The Bertz CT molecular complexity index is 1080. The second-order valence-corrected chi connectivity index (χ2v) is 8.54. The highest BCUT2D eigenvalue weighted by Gasteiger charge is 2.18.